The standard InChI is InChI=1S/C15H22N4O4/c1-23-13-10-11(4-6-12(13)20)5-7-14(21)19(22)9-3-2-8-18-15(16)17/h4-7,10,20,22H,2-3,8-9H2,1H3,(H4,16,17,18)/b7-5+. The second-order valence-electron chi connectivity index (χ2n) is 4.74. The van der Waals surface area contributed by atoms with E-state index < -0.39 is 5.91 Å². The summed E-state index contributed by atoms with van der Waals surface area (Å²) in [7, 11) is 1.44. The molecule has 0 aliphatic heterocycles. The molecule has 126 valence electrons. The number of hydrogen-bond donors (Lipinski definition) is 4. The van der Waals surface area contributed by atoms with E-state index >= 15 is 0 Å². The molecule has 0 saturated heterocycles. The van der Waals surface area contributed by atoms with Crippen LogP contribution in [0.5, 0.6) is 11.5 Å². The maximum Gasteiger partial charge on any atom is 0.269 e. The van der Waals surface area contributed by atoms with Crippen molar-refractivity contribution in [2.45, 2.75) is 12.8 Å². The van der Waals surface area contributed by atoms with Crippen LogP contribution in [0.4, 0.5) is 0 Å². The number of nitrogens with zero attached hydrogens (tertiary/aromatic N) is 2. The summed E-state index contributed by atoms with van der Waals surface area (Å²) >= 11 is 0. The van der Waals surface area contributed by atoms with Crippen LogP contribution < -0.4 is 16.2 Å². The van der Waals surface area contributed by atoms with E-state index in [-0.39, 0.29) is 18.3 Å². The van der Waals surface area contributed by atoms with Crippen molar-refractivity contribution in [2.75, 3.05) is 20.2 Å². The Morgan fingerprint density at radius 2 is 2.13 bits per heavy atom. The lowest BCUT2D eigenvalue weighted by Gasteiger charge is -2.12. The minimum Gasteiger partial charge on any atom is -0.504 e. The molecule has 0 saturated carbocycles. The Balaban J connectivity index is 2.46. The van der Waals surface area contributed by atoms with E-state index in [2.05, 4.69) is 4.99 Å². The molecule has 8 nitrogen and oxygen atoms in total. The number of aliphatic imine (C=N–C) groups is 1. The van der Waals surface area contributed by atoms with E-state index in [1.807, 2.05) is 0 Å². The van der Waals surface area contributed by atoms with Gasteiger partial charge in [-0.1, -0.05) is 6.07 Å². The number of hydrogen-bond acceptors (Lipinski definition) is 5. The predicted molar refractivity (Wildman–Crippen MR) is 87.1 cm³/mol. The summed E-state index contributed by atoms with van der Waals surface area (Å²) in [5.74, 6) is -0.200. The fraction of sp³-hybridized carbons (Fsp3) is 0.333. The van der Waals surface area contributed by atoms with Gasteiger partial charge in [0.05, 0.1) is 7.11 Å². The van der Waals surface area contributed by atoms with Gasteiger partial charge in [-0.25, -0.2) is 5.06 Å². The third-order valence-electron chi connectivity index (χ3n) is 2.95. The first-order chi connectivity index (χ1) is 10.9. The average molecular weight is 322 g/mol. The lowest BCUT2D eigenvalue weighted by Crippen LogP contribution is -2.27. The maximum atomic E-state index is 11.8. The van der Waals surface area contributed by atoms with Crippen LogP contribution in [0.2, 0.25) is 0 Å². The molecule has 1 aromatic rings. The Hall–Kier alpha value is -2.74. The lowest BCUT2D eigenvalue weighted by molar-refractivity contribution is -0.159. The highest BCUT2D eigenvalue weighted by molar-refractivity contribution is 5.91. The van der Waals surface area contributed by atoms with Crippen molar-refractivity contribution in [3.8, 4) is 11.5 Å². The quantitative estimate of drug-likeness (QED) is 0.139. The Kier molecular flexibility index (Phi) is 7.41. The summed E-state index contributed by atoms with van der Waals surface area (Å²) in [5.41, 5.74) is 11.0. The van der Waals surface area contributed by atoms with Gasteiger partial charge in [-0.3, -0.25) is 15.0 Å². The minimum absolute atomic E-state index is 0.0144. The summed E-state index contributed by atoms with van der Waals surface area (Å²) in [4.78, 5) is 15.6. The van der Waals surface area contributed by atoms with Gasteiger partial charge in [0.1, 0.15) is 0 Å². The summed E-state index contributed by atoms with van der Waals surface area (Å²) in [5, 5.41) is 19.7. The monoisotopic (exact) mass is 322 g/mol. The van der Waals surface area contributed by atoms with Crippen molar-refractivity contribution in [3.05, 3.63) is 29.8 Å². The number of benzene rings is 1. The largest absolute Gasteiger partial charge is 0.504 e. The zero-order valence-corrected chi connectivity index (χ0v) is 13.0. The number of ether oxygens (including phenoxy) is 1. The molecule has 8 heteroatoms. The highest BCUT2D eigenvalue weighted by Gasteiger charge is 2.07. The zero-order chi connectivity index (χ0) is 17.2. The van der Waals surface area contributed by atoms with Gasteiger partial charge in [0, 0.05) is 19.2 Å². The fourth-order valence-electron chi connectivity index (χ4n) is 1.74. The van der Waals surface area contributed by atoms with E-state index in [1.54, 1.807) is 12.1 Å². The number of guanidine groups is 1. The second kappa shape index (κ2) is 9.31. The highest BCUT2D eigenvalue weighted by atomic mass is 16.5. The Morgan fingerprint density at radius 3 is 2.78 bits per heavy atom. The molecule has 1 rings (SSSR count). The van der Waals surface area contributed by atoms with Crippen molar-refractivity contribution in [1.82, 2.24) is 5.06 Å². The van der Waals surface area contributed by atoms with Crippen molar-refractivity contribution in [2.24, 2.45) is 16.5 Å². The van der Waals surface area contributed by atoms with Crippen LogP contribution in [0.1, 0.15) is 18.4 Å². The molecule has 1 aromatic carbocycles. The Bertz CT molecular complexity index is 583. The van der Waals surface area contributed by atoms with Crippen LogP contribution in [0.25, 0.3) is 6.08 Å². The van der Waals surface area contributed by atoms with Crippen molar-refractivity contribution < 1.29 is 19.8 Å². The minimum atomic E-state index is -0.543. The number of rotatable bonds is 8. The number of carbonyl (C=O) groups is 1. The number of carbonyl (C=O) groups excluding carboxylic acids is 1. The molecule has 0 radical (unpaired) electrons. The van der Waals surface area contributed by atoms with Crippen LogP contribution in [0, 0.1) is 0 Å². The molecule has 0 aromatic heterocycles. The van der Waals surface area contributed by atoms with E-state index in [1.165, 1.54) is 25.3 Å². The van der Waals surface area contributed by atoms with E-state index in [4.69, 9.17) is 16.2 Å². The summed E-state index contributed by atoms with van der Waals surface area (Å²) in [6, 6.07) is 4.66. The first kappa shape index (κ1) is 18.3. The number of phenolic OH excluding ortho intramolecular Hbond substituents is 1. The molecule has 0 fully saturated rings. The first-order valence-corrected chi connectivity index (χ1v) is 7.05. The third kappa shape index (κ3) is 6.70. The van der Waals surface area contributed by atoms with Crippen molar-refractivity contribution in [3.63, 3.8) is 0 Å². The summed E-state index contributed by atoms with van der Waals surface area (Å²) in [6.07, 6.45) is 3.98. The smallest absolute Gasteiger partial charge is 0.269 e. The average Bonchev–Trinajstić information content (AvgIpc) is 2.52. The predicted octanol–water partition coefficient (Wildman–Crippen LogP) is 0.685. The molecule has 0 heterocycles. The van der Waals surface area contributed by atoms with Gasteiger partial charge in [-0.2, -0.15) is 0 Å². The van der Waals surface area contributed by atoms with E-state index in [0.717, 1.165) is 0 Å². The van der Waals surface area contributed by atoms with Crippen molar-refractivity contribution in [1.29, 1.82) is 0 Å². The molecule has 6 N–H and O–H groups in total. The molecular weight excluding hydrogens is 300 g/mol. The molecule has 0 spiro atoms. The van der Waals surface area contributed by atoms with Gasteiger partial charge in [0.15, 0.2) is 17.5 Å². The highest BCUT2D eigenvalue weighted by Crippen LogP contribution is 2.26. The van der Waals surface area contributed by atoms with Crippen molar-refractivity contribution >= 4 is 17.9 Å². The number of nitrogens with two attached hydrogens (primary N) is 2. The number of hydroxylamine groups is 2. The van der Waals surface area contributed by atoms with Crippen LogP contribution in [0.15, 0.2) is 29.3 Å². The van der Waals surface area contributed by atoms with Gasteiger partial charge in [0.25, 0.3) is 5.91 Å². The topological polar surface area (TPSA) is 134 Å². The van der Waals surface area contributed by atoms with Crippen LogP contribution in [-0.2, 0) is 4.79 Å². The third-order valence-corrected chi connectivity index (χ3v) is 2.95. The molecule has 0 aliphatic rings. The maximum absolute atomic E-state index is 11.8. The summed E-state index contributed by atoms with van der Waals surface area (Å²) < 4.78 is 4.98. The Labute approximate surface area is 134 Å². The molecule has 0 aliphatic carbocycles. The normalized spacial score (nSPS) is 10.5. The second-order valence-corrected chi connectivity index (χ2v) is 4.74. The number of unbranched alkanes of at least 4 members (excludes halogenated alkanes) is 1. The van der Waals surface area contributed by atoms with Crippen LogP contribution >= 0.6 is 0 Å². The molecule has 1 amide bonds. The van der Waals surface area contributed by atoms with Gasteiger partial charge >= 0.3 is 0 Å². The summed E-state index contributed by atoms with van der Waals surface area (Å²) in [6.45, 7) is 0.634. The molecule has 0 bridgehead atoms. The van der Waals surface area contributed by atoms with Gasteiger partial charge < -0.3 is 21.3 Å². The molecule has 0 unspecified atom stereocenters. The zero-order valence-electron chi connectivity index (χ0n) is 13.0. The van der Waals surface area contributed by atoms with E-state index in [9.17, 15) is 15.1 Å². The number of aromatic hydroxyl groups is 1. The Morgan fingerprint density at radius 1 is 1.39 bits per heavy atom. The fourth-order valence-corrected chi connectivity index (χ4v) is 1.74. The van der Waals surface area contributed by atoms with Crippen LogP contribution in [-0.4, -0.2) is 47.4 Å². The molecule has 0 atom stereocenters. The van der Waals surface area contributed by atoms with Gasteiger partial charge in [-0.15, -0.1) is 0 Å². The van der Waals surface area contributed by atoms with Gasteiger partial charge in [-0.05, 0) is 36.6 Å². The first-order valence-electron chi connectivity index (χ1n) is 7.05. The van der Waals surface area contributed by atoms with Crippen LogP contribution in [0.3, 0.4) is 0 Å². The van der Waals surface area contributed by atoms with E-state index in [0.29, 0.717) is 35.8 Å². The lowest BCUT2D eigenvalue weighted by atomic mass is 10.2. The number of methoxy groups -OCH3 is 1. The number of phenols is 1. The molecule has 23 heavy (non-hydrogen) atoms. The van der Waals surface area contributed by atoms with Gasteiger partial charge in [0.2, 0.25) is 0 Å². The number of amides is 1. The molecular formula is C15H22N4O4. The SMILES string of the molecule is COc1cc(/C=C/C(=O)N(O)CCCCN=C(N)N)ccc1O.